The summed E-state index contributed by atoms with van der Waals surface area (Å²) in [6.07, 6.45) is 6.66. The highest BCUT2D eigenvalue weighted by molar-refractivity contribution is 5.32. The first kappa shape index (κ1) is 22.5. The third-order valence-corrected chi connectivity index (χ3v) is 5.99. The second-order valence-corrected chi connectivity index (χ2v) is 8.28. The van der Waals surface area contributed by atoms with Crippen molar-refractivity contribution in [3.8, 4) is 11.5 Å². The van der Waals surface area contributed by atoms with E-state index in [-0.39, 0.29) is 29.0 Å². The average Bonchev–Trinajstić information content (AvgIpc) is 2.75. The van der Waals surface area contributed by atoms with Crippen LogP contribution in [0.3, 0.4) is 0 Å². The van der Waals surface area contributed by atoms with Gasteiger partial charge in [-0.05, 0) is 74.1 Å². The normalized spacial score (nSPS) is 19.0. The molecule has 164 valence electrons. The van der Waals surface area contributed by atoms with Crippen LogP contribution in [0, 0.1) is 30.3 Å². The molecule has 0 amide bonds. The summed E-state index contributed by atoms with van der Waals surface area (Å²) in [5.74, 6) is -1.02. The first-order valence-corrected chi connectivity index (χ1v) is 11.0. The largest absolute Gasteiger partial charge is 0.493 e. The van der Waals surface area contributed by atoms with Gasteiger partial charge in [-0.3, -0.25) is 0 Å². The van der Waals surface area contributed by atoms with Gasteiger partial charge >= 0.3 is 0 Å². The molecule has 30 heavy (non-hydrogen) atoms. The van der Waals surface area contributed by atoms with Crippen LogP contribution in [-0.4, -0.2) is 13.2 Å². The van der Waals surface area contributed by atoms with E-state index in [0.29, 0.717) is 19.0 Å². The molecule has 0 N–H and O–H groups in total. The lowest BCUT2D eigenvalue weighted by molar-refractivity contribution is 0.192. The van der Waals surface area contributed by atoms with Gasteiger partial charge in [-0.25, -0.2) is 8.78 Å². The van der Waals surface area contributed by atoms with Crippen molar-refractivity contribution in [2.75, 3.05) is 13.2 Å². The van der Waals surface area contributed by atoms with Gasteiger partial charge in [0.2, 0.25) is 5.82 Å². The number of benzene rings is 2. The number of halogens is 3. The van der Waals surface area contributed by atoms with Gasteiger partial charge in [0, 0.05) is 6.07 Å². The lowest BCUT2D eigenvalue weighted by Crippen LogP contribution is -2.20. The summed E-state index contributed by atoms with van der Waals surface area (Å²) in [6.45, 7) is 4.62. The molecular formula is C25H31F3O2. The Bertz CT molecular complexity index is 829. The summed E-state index contributed by atoms with van der Waals surface area (Å²) in [5.41, 5.74) is 1.00. The first-order chi connectivity index (χ1) is 14.5. The topological polar surface area (TPSA) is 18.5 Å². The van der Waals surface area contributed by atoms with E-state index < -0.39 is 11.6 Å². The quantitative estimate of drug-likeness (QED) is 0.395. The Labute approximate surface area is 177 Å². The van der Waals surface area contributed by atoms with E-state index in [4.69, 9.17) is 9.47 Å². The molecule has 2 aromatic rings. The molecule has 2 nitrogen and oxygen atoms in total. The summed E-state index contributed by atoms with van der Waals surface area (Å²) in [4.78, 5) is 0. The molecule has 3 rings (SSSR count). The van der Waals surface area contributed by atoms with Crippen LogP contribution in [-0.2, 0) is 0 Å². The lowest BCUT2D eigenvalue weighted by Gasteiger charge is -2.29. The Balaban J connectivity index is 1.49. The van der Waals surface area contributed by atoms with Crippen LogP contribution < -0.4 is 9.47 Å². The SMILES string of the molecule is CCCCCOc1ccc(C2CCC(COc3ccc(C)c(F)c3F)CC2)c(F)c1. The van der Waals surface area contributed by atoms with E-state index in [2.05, 4.69) is 6.92 Å². The highest BCUT2D eigenvalue weighted by atomic mass is 19.2. The standard InChI is InChI=1S/C25H31F3O2/c1-3-4-5-14-29-20-11-12-21(22(26)15-20)19-9-7-18(8-10-19)16-30-23-13-6-17(2)24(27)25(23)28/h6,11-13,15,18-19H,3-5,7-10,14,16H2,1-2H3. The minimum atomic E-state index is -0.928. The molecule has 5 heteroatoms. The minimum Gasteiger partial charge on any atom is -0.493 e. The number of hydrogen-bond acceptors (Lipinski definition) is 2. The Hall–Kier alpha value is -2.17. The molecule has 1 aliphatic rings. The molecule has 2 aromatic carbocycles. The molecule has 0 bridgehead atoms. The fourth-order valence-corrected chi connectivity index (χ4v) is 4.06. The Morgan fingerprint density at radius 1 is 0.900 bits per heavy atom. The van der Waals surface area contributed by atoms with Crippen LogP contribution in [0.4, 0.5) is 13.2 Å². The molecular weight excluding hydrogens is 389 g/mol. The number of unbranched alkanes of at least 4 members (excludes halogenated alkanes) is 2. The van der Waals surface area contributed by atoms with Crippen LogP contribution in [0.2, 0.25) is 0 Å². The highest BCUT2D eigenvalue weighted by Gasteiger charge is 2.25. The number of ether oxygens (including phenoxy) is 2. The van der Waals surface area contributed by atoms with Crippen molar-refractivity contribution in [3.63, 3.8) is 0 Å². The zero-order valence-corrected chi connectivity index (χ0v) is 17.9. The van der Waals surface area contributed by atoms with E-state index in [1.54, 1.807) is 0 Å². The van der Waals surface area contributed by atoms with E-state index in [9.17, 15) is 13.2 Å². The number of hydrogen-bond donors (Lipinski definition) is 0. The molecule has 0 aliphatic heterocycles. The van der Waals surface area contributed by atoms with Crippen LogP contribution in [0.25, 0.3) is 0 Å². The summed E-state index contributed by atoms with van der Waals surface area (Å²) in [6, 6.07) is 8.18. The van der Waals surface area contributed by atoms with E-state index in [0.717, 1.165) is 50.5 Å². The molecule has 0 heterocycles. The van der Waals surface area contributed by atoms with Crippen molar-refractivity contribution in [1.82, 2.24) is 0 Å². The third-order valence-electron chi connectivity index (χ3n) is 5.99. The number of rotatable bonds is 9. The third kappa shape index (κ3) is 5.71. The van der Waals surface area contributed by atoms with Gasteiger partial charge in [0.15, 0.2) is 11.6 Å². The molecule has 0 spiro atoms. The Morgan fingerprint density at radius 3 is 2.37 bits per heavy atom. The van der Waals surface area contributed by atoms with Crippen LogP contribution in [0.1, 0.15) is 68.9 Å². The molecule has 1 aliphatic carbocycles. The maximum Gasteiger partial charge on any atom is 0.200 e. The van der Waals surface area contributed by atoms with Gasteiger partial charge in [-0.1, -0.05) is 31.9 Å². The zero-order chi connectivity index (χ0) is 21.5. The molecule has 0 unspecified atom stereocenters. The van der Waals surface area contributed by atoms with E-state index in [1.807, 2.05) is 12.1 Å². The molecule has 0 atom stereocenters. The molecule has 1 fully saturated rings. The number of aryl methyl sites for hydroxylation is 1. The van der Waals surface area contributed by atoms with Gasteiger partial charge in [0.05, 0.1) is 13.2 Å². The van der Waals surface area contributed by atoms with Crippen LogP contribution in [0.15, 0.2) is 30.3 Å². The second kappa shape index (κ2) is 10.7. The van der Waals surface area contributed by atoms with Gasteiger partial charge in [0.1, 0.15) is 11.6 Å². The summed E-state index contributed by atoms with van der Waals surface area (Å²) in [7, 11) is 0. The Morgan fingerprint density at radius 2 is 1.67 bits per heavy atom. The van der Waals surface area contributed by atoms with Crippen LogP contribution >= 0.6 is 0 Å². The predicted octanol–water partition coefficient (Wildman–Crippen LogP) is 7.33. The summed E-state index contributed by atoms with van der Waals surface area (Å²) >= 11 is 0. The monoisotopic (exact) mass is 420 g/mol. The van der Waals surface area contributed by atoms with E-state index in [1.165, 1.54) is 25.1 Å². The van der Waals surface area contributed by atoms with Crippen molar-refractivity contribution in [2.24, 2.45) is 5.92 Å². The van der Waals surface area contributed by atoms with Crippen molar-refractivity contribution < 1.29 is 22.6 Å². The average molecular weight is 421 g/mol. The predicted molar refractivity (Wildman–Crippen MR) is 113 cm³/mol. The first-order valence-electron chi connectivity index (χ1n) is 11.0. The van der Waals surface area contributed by atoms with Crippen molar-refractivity contribution in [3.05, 3.63) is 58.9 Å². The molecule has 0 saturated heterocycles. The molecule has 0 aromatic heterocycles. The van der Waals surface area contributed by atoms with Crippen molar-refractivity contribution in [1.29, 1.82) is 0 Å². The summed E-state index contributed by atoms with van der Waals surface area (Å²) in [5, 5.41) is 0. The Kier molecular flexibility index (Phi) is 8.06. The van der Waals surface area contributed by atoms with Gasteiger partial charge < -0.3 is 9.47 Å². The van der Waals surface area contributed by atoms with Crippen LogP contribution in [0.5, 0.6) is 11.5 Å². The zero-order valence-electron chi connectivity index (χ0n) is 17.9. The van der Waals surface area contributed by atoms with Gasteiger partial charge in [-0.15, -0.1) is 0 Å². The highest BCUT2D eigenvalue weighted by Crippen LogP contribution is 2.38. The van der Waals surface area contributed by atoms with Gasteiger partial charge in [-0.2, -0.15) is 4.39 Å². The summed E-state index contributed by atoms with van der Waals surface area (Å²) < 4.78 is 53.4. The van der Waals surface area contributed by atoms with E-state index >= 15 is 0 Å². The van der Waals surface area contributed by atoms with Crippen molar-refractivity contribution >= 4 is 0 Å². The smallest absolute Gasteiger partial charge is 0.200 e. The van der Waals surface area contributed by atoms with Crippen molar-refractivity contribution in [2.45, 2.75) is 64.7 Å². The second-order valence-electron chi connectivity index (χ2n) is 8.28. The molecule has 1 saturated carbocycles. The van der Waals surface area contributed by atoms with Gasteiger partial charge in [0.25, 0.3) is 0 Å². The maximum atomic E-state index is 14.6. The fourth-order valence-electron chi connectivity index (χ4n) is 4.06. The lowest BCUT2D eigenvalue weighted by atomic mass is 9.79. The fraction of sp³-hybridized carbons (Fsp3) is 0.520. The molecule has 0 radical (unpaired) electrons. The maximum absolute atomic E-state index is 14.6. The minimum absolute atomic E-state index is 0.0409.